The van der Waals surface area contributed by atoms with Crippen molar-refractivity contribution >= 4 is 29.0 Å². The summed E-state index contributed by atoms with van der Waals surface area (Å²) in [5, 5.41) is 11.5. The Bertz CT molecular complexity index is 1190. The van der Waals surface area contributed by atoms with Crippen LogP contribution in [0.25, 0.3) is 5.76 Å². The minimum absolute atomic E-state index is 0.125. The van der Waals surface area contributed by atoms with Crippen LogP contribution in [0.4, 0.5) is 5.69 Å². The Morgan fingerprint density at radius 1 is 0.972 bits per heavy atom. The molecule has 2 aromatic rings. The standard InChI is InChI=1S/C28H32N2O6/c1-4-6-16-29-22-11-8-7-10-21(22)28(27(29)34)23(25(32)26(33)30(28)17-9-18-35-3)24(31)19-12-14-20(15-13-19)36-5-2/h7-8,10-15,31H,4-6,9,16-18H2,1-3H3/t28-/m0/s1. The number of para-hydroxylation sites is 1. The molecule has 8 heteroatoms. The molecular formula is C28H32N2O6. The predicted octanol–water partition coefficient (Wildman–Crippen LogP) is 3.84. The fourth-order valence-electron chi connectivity index (χ4n) is 5.09. The number of hydrogen-bond acceptors (Lipinski definition) is 6. The van der Waals surface area contributed by atoms with E-state index in [1.807, 2.05) is 26.0 Å². The molecule has 0 aromatic heterocycles. The number of carbonyl (C=O) groups excluding carboxylic acids is 3. The smallest absolute Gasteiger partial charge is 0.296 e. The van der Waals surface area contributed by atoms with Crippen LogP contribution in [0.5, 0.6) is 5.75 Å². The molecule has 1 N–H and O–H groups in total. The maximum atomic E-state index is 14.3. The quantitative estimate of drug-likeness (QED) is 0.234. The molecule has 2 aromatic carbocycles. The van der Waals surface area contributed by atoms with Gasteiger partial charge in [0.2, 0.25) is 0 Å². The number of hydrogen-bond donors (Lipinski definition) is 1. The number of rotatable bonds is 10. The number of carbonyl (C=O) groups is 3. The van der Waals surface area contributed by atoms with Crippen molar-refractivity contribution in [3.8, 4) is 5.75 Å². The van der Waals surface area contributed by atoms with Gasteiger partial charge in [-0.25, -0.2) is 0 Å². The minimum atomic E-state index is -1.74. The zero-order chi connectivity index (χ0) is 25.9. The molecule has 1 atom stereocenters. The first-order valence-electron chi connectivity index (χ1n) is 12.4. The van der Waals surface area contributed by atoms with Crippen LogP contribution >= 0.6 is 0 Å². The number of amides is 2. The second-order valence-electron chi connectivity index (χ2n) is 8.85. The number of likely N-dealkylation sites (tertiary alicyclic amines) is 1. The predicted molar refractivity (Wildman–Crippen MR) is 136 cm³/mol. The van der Waals surface area contributed by atoms with Crippen LogP contribution in [0.1, 0.15) is 44.2 Å². The fraction of sp³-hybridized carbons (Fsp3) is 0.393. The number of fused-ring (bicyclic) bond motifs is 2. The Balaban J connectivity index is 1.95. The van der Waals surface area contributed by atoms with Crippen molar-refractivity contribution in [1.82, 2.24) is 4.90 Å². The number of Topliss-reactive ketones (excluding diaryl/α,β-unsaturated/α-hetero) is 1. The molecule has 190 valence electrons. The summed E-state index contributed by atoms with van der Waals surface area (Å²) in [6.45, 7) is 5.31. The van der Waals surface area contributed by atoms with Crippen LogP contribution in [0.15, 0.2) is 54.1 Å². The van der Waals surface area contributed by atoms with Crippen molar-refractivity contribution in [2.24, 2.45) is 0 Å². The van der Waals surface area contributed by atoms with Gasteiger partial charge in [-0.05, 0) is 50.1 Å². The third-order valence-electron chi connectivity index (χ3n) is 6.71. The topological polar surface area (TPSA) is 96.4 Å². The molecule has 36 heavy (non-hydrogen) atoms. The third kappa shape index (κ3) is 3.95. The van der Waals surface area contributed by atoms with E-state index in [9.17, 15) is 19.5 Å². The summed E-state index contributed by atoms with van der Waals surface area (Å²) in [5.74, 6) is -1.86. The highest BCUT2D eigenvalue weighted by Gasteiger charge is 2.66. The van der Waals surface area contributed by atoms with E-state index in [2.05, 4.69) is 0 Å². The van der Waals surface area contributed by atoms with Crippen molar-refractivity contribution in [1.29, 1.82) is 0 Å². The van der Waals surface area contributed by atoms with Crippen LogP contribution in [0.2, 0.25) is 0 Å². The number of ether oxygens (including phenoxy) is 2. The maximum absolute atomic E-state index is 14.3. The lowest BCUT2D eigenvalue weighted by Gasteiger charge is -2.34. The van der Waals surface area contributed by atoms with Crippen molar-refractivity contribution in [2.45, 2.75) is 38.6 Å². The number of methoxy groups -OCH3 is 1. The molecule has 2 amide bonds. The van der Waals surface area contributed by atoms with Crippen LogP contribution in [-0.2, 0) is 24.7 Å². The van der Waals surface area contributed by atoms with E-state index in [4.69, 9.17) is 9.47 Å². The first-order chi connectivity index (χ1) is 17.4. The lowest BCUT2D eigenvalue weighted by molar-refractivity contribution is -0.143. The number of anilines is 1. The number of ketones is 1. The van der Waals surface area contributed by atoms with Gasteiger partial charge in [0.1, 0.15) is 11.5 Å². The average Bonchev–Trinajstić information content (AvgIpc) is 3.26. The van der Waals surface area contributed by atoms with Gasteiger partial charge in [0.15, 0.2) is 5.54 Å². The zero-order valence-electron chi connectivity index (χ0n) is 21.0. The SMILES string of the molecule is CCCCN1C(=O)[C@@]2(C(=C(O)c3ccc(OCC)cc3)C(=O)C(=O)N2CCCOC)c2ccccc21. The van der Waals surface area contributed by atoms with Gasteiger partial charge in [-0.15, -0.1) is 0 Å². The van der Waals surface area contributed by atoms with Crippen LogP contribution in [0.3, 0.4) is 0 Å². The van der Waals surface area contributed by atoms with Gasteiger partial charge in [0.05, 0.1) is 17.9 Å². The average molecular weight is 493 g/mol. The molecule has 2 aliphatic heterocycles. The first kappa shape index (κ1) is 25.4. The monoisotopic (exact) mass is 492 g/mol. The van der Waals surface area contributed by atoms with Crippen LogP contribution < -0.4 is 9.64 Å². The van der Waals surface area contributed by atoms with Gasteiger partial charge >= 0.3 is 0 Å². The summed E-state index contributed by atoms with van der Waals surface area (Å²) in [4.78, 5) is 44.2. The van der Waals surface area contributed by atoms with E-state index in [0.717, 1.165) is 12.8 Å². The van der Waals surface area contributed by atoms with Crippen LogP contribution in [-0.4, -0.2) is 61.0 Å². The highest BCUT2D eigenvalue weighted by molar-refractivity contribution is 6.50. The summed E-state index contributed by atoms with van der Waals surface area (Å²) >= 11 is 0. The molecule has 0 unspecified atom stereocenters. The van der Waals surface area contributed by atoms with E-state index in [1.165, 1.54) is 4.90 Å². The molecule has 0 bridgehead atoms. The molecule has 0 aliphatic carbocycles. The maximum Gasteiger partial charge on any atom is 0.296 e. The van der Waals surface area contributed by atoms with Crippen molar-refractivity contribution in [2.75, 3.05) is 38.3 Å². The summed E-state index contributed by atoms with van der Waals surface area (Å²) < 4.78 is 10.7. The van der Waals surface area contributed by atoms with Crippen LogP contribution in [0, 0.1) is 0 Å². The van der Waals surface area contributed by atoms with E-state index in [1.54, 1.807) is 48.4 Å². The number of aliphatic hydroxyl groups excluding tert-OH is 1. The molecule has 4 rings (SSSR count). The third-order valence-corrected chi connectivity index (χ3v) is 6.71. The van der Waals surface area contributed by atoms with Gasteiger partial charge in [-0.3, -0.25) is 14.4 Å². The molecule has 2 aliphatic rings. The molecule has 8 nitrogen and oxygen atoms in total. The molecule has 1 saturated heterocycles. The molecule has 0 saturated carbocycles. The highest BCUT2D eigenvalue weighted by atomic mass is 16.5. The lowest BCUT2D eigenvalue weighted by Crippen LogP contribution is -2.52. The number of nitrogens with zero attached hydrogens (tertiary/aromatic N) is 2. The Kier molecular flexibility index (Phi) is 7.45. The van der Waals surface area contributed by atoms with E-state index in [0.29, 0.717) is 48.7 Å². The van der Waals surface area contributed by atoms with Crippen molar-refractivity contribution < 1.29 is 29.0 Å². The second kappa shape index (κ2) is 10.5. The van der Waals surface area contributed by atoms with Crippen molar-refractivity contribution in [3.63, 3.8) is 0 Å². The zero-order valence-corrected chi connectivity index (χ0v) is 21.0. The molecular weight excluding hydrogens is 460 g/mol. The fourth-order valence-corrected chi connectivity index (χ4v) is 5.09. The first-order valence-corrected chi connectivity index (χ1v) is 12.4. The summed E-state index contributed by atoms with van der Waals surface area (Å²) in [5.41, 5.74) is -0.451. The lowest BCUT2D eigenvalue weighted by atomic mass is 9.82. The number of benzene rings is 2. The summed E-state index contributed by atoms with van der Waals surface area (Å²) in [6.07, 6.45) is 2.05. The Labute approximate surface area is 211 Å². The van der Waals surface area contributed by atoms with Gasteiger partial charge in [0, 0.05) is 37.9 Å². The summed E-state index contributed by atoms with van der Waals surface area (Å²) in [7, 11) is 1.55. The van der Waals surface area contributed by atoms with Gasteiger partial charge in [-0.1, -0.05) is 31.5 Å². The van der Waals surface area contributed by atoms with Gasteiger partial charge in [-0.2, -0.15) is 0 Å². The molecule has 1 spiro atoms. The molecule has 1 fully saturated rings. The van der Waals surface area contributed by atoms with E-state index >= 15 is 0 Å². The minimum Gasteiger partial charge on any atom is -0.507 e. The van der Waals surface area contributed by atoms with Crippen molar-refractivity contribution in [3.05, 3.63) is 65.2 Å². The Hall–Kier alpha value is -3.65. The van der Waals surface area contributed by atoms with Gasteiger partial charge < -0.3 is 24.4 Å². The molecule has 0 radical (unpaired) electrons. The normalized spacial score (nSPS) is 20.5. The van der Waals surface area contributed by atoms with E-state index in [-0.39, 0.29) is 17.9 Å². The second-order valence-corrected chi connectivity index (χ2v) is 8.85. The van der Waals surface area contributed by atoms with Gasteiger partial charge in [0.25, 0.3) is 17.6 Å². The largest absolute Gasteiger partial charge is 0.507 e. The number of aliphatic hydroxyl groups is 1. The summed E-state index contributed by atoms with van der Waals surface area (Å²) in [6, 6.07) is 13.8. The Morgan fingerprint density at radius 3 is 2.36 bits per heavy atom. The van der Waals surface area contributed by atoms with E-state index < -0.39 is 23.1 Å². The number of unbranched alkanes of at least 4 members (excludes halogenated alkanes) is 1. The Morgan fingerprint density at radius 2 is 1.69 bits per heavy atom. The molecule has 2 heterocycles. The highest BCUT2D eigenvalue weighted by Crippen LogP contribution is 2.53.